The first-order chi connectivity index (χ1) is 10.3. The predicted molar refractivity (Wildman–Crippen MR) is 75.6 cm³/mol. The fraction of sp³-hybridized carbons (Fsp3) is 0.0714. The molecule has 5 nitrogen and oxygen atoms in total. The Morgan fingerprint density at radius 1 is 1.14 bits per heavy atom. The topological polar surface area (TPSA) is 56.2 Å². The Labute approximate surface area is 122 Å². The molecule has 0 aliphatic rings. The number of aromatic nitrogens is 4. The molecule has 0 unspecified atom stereocenters. The molecule has 4 rings (SSSR count). The third-order valence-electron chi connectivity index (χ3n) is 3.09. The van der Waals surface area contributed by atoms with Gasteiger partial charge in [-0.2, -0.15) is 4.52 Å². The summed E-state index contributed by atoms with van der Waals surface area (Å²) >= 11 is 1.38. The van der Waals surface area contributed by atoms with Gasteiger partial charge >= 0.3 is 0 Å². The van der Waals surface area contributed by atoms with E-state index in [1.807, 2.05) is 6.07 Å². The van der Waals surface area contributed by atoms with Crippen molar-refractivity contribution in [1.82, 2.24) is 19.8 Å². The molecule has 7 heteroatoms. The first kappa shape index (κ1) is 12.2. The number of hydrogen-bond acceptors (Lipinski definition) is 5. The normalized spacial score (nSPS) is 11.3. The SMILES string of the molecule is Fc1ccccc1Cc1nnc2sc(-c3ccco3)nn12. The van der Waals surface area contributed by atoms with E-state index >= 15 is 0 Å². The minimum Gasteiger partial charge on any atom is -0.462 e. The van der Waals surface area contributed by atoms with Gasteiger partial charge in [0.2, 0.25) is 4.96 Å². The van der Waals surface area contributed by atoms with Crippen LogP contribution in [0.4, 0.5) is 4.39 Å². The molecule has 0 fully saturated rings. The highest BCUT2D eigenvalue weighted by Crippen LogP contribution is 2.26. The second kappa shape index (κ2) is 4.78. The lowest BCUT2D eigenvalue weighted by molar-refractivity contribution is 0.580. The van der Waals surface area contributed by atoms with Crippen LogP contribution in [0.5, 0.6) is 0 Å². The van der Waals surface area contributed by atoms with E-state index in [0.29, 0.717) is 28.5 Å². The third-order valence-corrected chi connectivity index (χ3v) is 4.01. The number of benzene rings is 1. The summed E-state index contributed by atoms with van der Waals surface area (Å²) in [6, 6.07) is 10.3. The fourth-order valence-corrected chi connectivity index (χ4v) is 2.91. The molecule has 3 heterocycles. The van der Waals surface area contributed by atoms with E-state index in [2.05, 4.69) is 15.3 Å². The summed E-state index contributed by atoms with van der Waals surface area (Å²) in [6.07, 6.45) is 1.94. The van der Waals surface area contributed by atoms with Crippen LogP contribution in [-0.4, -0.2) is 19.8 Å². The molecule has 0 radical (unpaired) electrons. The molecule has 0 atom stereocenters. The second-order valence-corrected chi connectivity index (χ2v) is 5.42. The van der Waals surface area contributed by atoms with Gasteiger partial charge in [0.15, 0.2) is 16.6 Å². The fourth-order valence-electron chi connectivity index (χ4n) is 2.08. The molecule has 0 saturated carbocycles. The lowest BCUT2D eigenvalue weighted by Crippen LogP contribution is -1.99. The van der Waals surface area contributed by atoms with Crippen LogP contribution < -0.4 is 0 Å². The zero-order valence-electron chi connectivity index (χ0n) is 10.7. The number of hydrogen-bond donors (Lipinski definition) is 0. The quantitative estimate of drug-likeness (QED) is 0.583. The molecule has 3 aromatic heterocycles. The number of fused-ring (bicyclic) bond motifs is 1. The van der Waals surface area contributed by atoms with Gasteiger partial charge in [0.05, 0.1) is 6.26 Å². The lowest BCUT2D eigenvalue weighted by atomic mass is 10.1. The highest BCUT2D eigenvalue weighted by molar-refractivity contribution is 7.19. The van der Waals surface area contributed by atoms with Crippen LogP contribution in [-0.2, 0) is 6.42 Å². The van der Waals surface area contributed by atoms with Gasteiger partial charge in [0, 0.05) is 6.42 Å². The monoisotopic (exact) mass is 300 g/mol. The minimum absolute atomic E-state index is 0.254. The number of nitrogens with zero attached hydrogens (tertiary/aromatic N) is 4. The van der Waals surface area contributed by atoms with Crippen molar-refractivity contribution in [3.8, 4) is 10.8 Å². The summed E-state index contributed by atoms with van der Waals surface area (Å²) < 4.78 is 20.7. The van der Waals surface area contributed by atoms with E-state index in [4.69, 9.17) is 4.42 Å². The maximum absolute atomic E-state index is 13.7. The van der Waals surface area contributed by atoms with Crippen LogP contribution in [0.1, 0.15) is 11.4 Å². The maximum atomic E-state index is 13.7. The van der Waals surface area contributed by atoms with Gasteiger partial charge in [-0.1, -0.05) is 29.5 Å². The molecule has 0 bridgehead atoms. The predicted octanol–water partition coefficient (Wildman–Crippen LogP) is 3.18. The van der Waals surface area contributed by atoms with Crippen molar-refractivity contribution >= 4 is 16.3 Å². The van der Waals surface area contributed by atoms with Gasteiger partial charge in [-0.3, -0.25) is 0 Å². The minimum atomic E-state index is -0.254. The summed E-state index contributed by atoms with van der Waals surface area (Å²) in [5, 5.41) is 13.3. The molecular weight excluding hydrogens is 291 g/mol. The van der Waals surface area contributed by atoms with Gasteiger partial charge in [-0.15, -0.1) is 15.3 Å². The molecule has 0 aliphatic carbocycles. The first-order valence-electron chi connectivity index (χ1n) is 6.29. The van der Waals surface area contributed by atoms with E-state index in [1.165, 1.54) is 17.4 Å². The van der Waals surface area contributed by atoms with Gasteiger partial charge in [-0.25, -0.2) is 4.39 Å². The Kier molecular flexibility index (Phi) is 2.78. The summed E-state index contributed by atoms with van der Waals surface area (Å²) in [4.78, 5) is 0.660. The van der Waals surface area contributed by atoms with Crippen molar-refractivity contribution < 1.29 is 8.81 Å². The van der Waals surface area contributed by atoms with Gasteiger partial charge < -0.3 is 4.42 Å². The summed E-state index contributed by atoms with van der Waals surface area (Å²) in [5.74, 6) is 1.03. The van der Waals surface area contributed by atoms with Crippen molar-refractivity contribution in [2.45, 2.75) is 6.42 Å². The number of halogens is 1. The van der Waals surface area contributed by atoms with E-state index in [0.717, 1.165) is 5.01 Å². The van der Waals surface area contributed by atoms with E-state index in [-0.39, 0.29) is 5.82 Å². The third kappa shape index (κ3) is 2.11. The lowest BCUT2D eigenvalue weighted by Gasteiger charge is -1.99. The standard InChI is InChI=1S/C14H9FN4OS/c15-10-5-2-1-4-9(10)8-12-16-17-14-19(12)18-13(21-14)11-6-3-7-20-11/h1-7H,8H2. The number of rotatable bonds is 3. The average Bonchev–Trinajstić information content (AvgIpc) is 3.18. The summed E-state index contributed by atoms with van der Waals surface area (Å²) in [6.45, 7) is 0. The molecule has 104 valence electrons. The van der Waals surface area contributed by atoms with Crippen molar-refractivity contribution in [3.63, 3.8) is 0 Å². The molecule has 0 aliphatic heterocycles. The van der Waals surface area contributed by atoms with Crippen LogP contribution in [0, 0.1) is 5.82 Å². The van der Waals surface area contributed by atoms with E-state index in [1.54, 1.807) is 35.0 Å². The smallest absolute Gasteiger partial charge is 0.235 e. The Bertz CT molecular complexity index is 897. The van der Waals surface area contributed by atoms with Gasteiger partial charge in [-0.05, 0) is 23.8 Å². The Morgan fingerprint density at radius 2 is 2.05 bits per heavy atom. The van der Waals surface area contributed by atoms with Crippen molar-refractivity contribution in [1.29, 1.82) is 0 Å². The van der Waals surface area contributed by atoms with Crippen LogP contribution >= 0.6 is 11.3 Å². The van der Waals surface area contributed by atoms with Crippen LogP contribution in [0.25, 0.3) is 15.7 Å². The van der Waals surface area contributed by atoms with Crippen LogP contribution in [0.3, 0.4) is 0 Å². The Balaban J connectivity index is 1.75. The molecule has 0 amide bonds. The molecule has 4 aromatic rings. The van der Waals surface area contributed by atoms with E-state index in [9.17, 15) is 4.39 Å². The summed E-state index contributed by atoms with van der Waals surface area (Å²) in [5.41, 5.74) is 0.569. The average molecular weight is 300 g/mol. The summed E-state index contributed by atoms with van der Waals surface area (Å²) in [7, 11) is 0. The first-order valence-corrected chi connectivity index (χ1v) is 7.11. The molecule has 0 spiro atoms. The molecule has 0 saturated heterocycles. The maximum Gasteiger partial charge on any atom is 0.235 e. The Morgan fingerprint density at radius 3 is 2.86 bits per heavy atom. The van der Waals surface area contributed by atoms with Gasteiger partial charge in [0.25, 0.3) is 0 Å². The van der Waals surface area contributed by atoms with Crippen molar-refractivity contribution in [3.05, 3.63) is 59.9 Å². The molecular formula is C14H9FN4OS. The highest BCUT2D eigenvalue weighted by Gasteiger charge is 2.15. The zero-order valence-corrected chi connectivity index (χ0v) is 11.5. The zero-order chi connectivity index (χ0) is 14.2. The Hall–Kier alpha value is -2.54. The molecule has 21 heavy (non-hydrogen) atoms. The largest absolute Gasteiger partial charge is 0.462 e. The van der Waals surface area contributed by atoms with Gasteiger partial charge in [0.1, 0.15) is 5.82 Å². The van der Waals surface area contributed by atoms with Crippen molar-refractivity contribution in [2.24, 2.45) is 0 Å². The second-order valence-electron chi connectivity index (χ2n) is 4.46. The van der Waals surface area contributed by atoms with Crippen LogP contribution in [0.2, 0.25) is 0 Å². The molecule has 0 N–H and O–H groups in total. The van der Waals surface area contributed by atoms with Crippen molar-refractivity contribution in [2.75, 3.05) is 0 Å². The number of furan rings is 1. The highest BCUT2D eigenvalue weighted by atomic mass is 32.1. The van der Waals surface area contributed by atoms with E-state index < -0.39 is 0 Å². The molecule has 1 aromatic carbocycles. The van der Waals surface area contributed by atoms with Crippen LogP contribution in [0.15, 0.2) is 47.1 Å².